The van der Waals surface area contributed by atoms with Gasteiger partial charge in [-0.25, -0.2) is 0 Å². The van der Waals surface area contributed by atoms with Gasteiger partial charge in [0.15, 0.2) is 0 Å². The molecule has 96 valence electrons. The lowest BCUT2D eigenvalue weighted by atomic mass is 10.1. The van der Waals surface area contributed by atoms with E-state index >= 15 is 0 Å². The summed E-state index contributed by atoms with van der Waals surface area (Å²) in [5.74, 6) is 0. The molecule has 1 aromatic rings. The first kappa shape index (κ1) is 14.2. The van der Waals surface area contributed by atoms with Crippen LogP contribution in [0.1, 0.15) is 38.7 Å². The molecule has 1 atom stereocenters. The van der Waals surface area contributed by atoms with Gasteiger partial charge in [-0.2, -0.15) is 0 Å². The number of nitrogens with zero attached hydrogens (tertiary/aromatic N) is 1. The number of hydrogen-bond acceptors (Lipinski definition) is 2. The van der Waals surface area contributed by atoms with Crippen LogP contribution < -0.4 is 5.73 Å². The van der Waals surface area contributed by atoms with Gasteiger partial charge in [0.2, 0.25) is 0 Å². The molecule has 1 aromatic carbocycles. The van der Waals surface area contributed by atoms with E-state index in [-0.39, 0.29) is 0 Å². The molecule has 2 heteroatoms. The van der Waals surface area contributed by atoms with Crippen LogP contribution in [0.5, 0.6) is 0 Å². The van der Waals surface area contributed by atoms with Crippen LogP contribution in [0.25, 0.3) is 0 Å². The van der Waals surface area contributed by atoms with Gasteiger partial charge in [0.05, 0.1) is 0 Å². The zero-order valence-electron chi connectivity index (χ0n) is 11.2. The third-order valence-corrected chi connectivity index (χ3v) is 2.92. The highest BCUT2D eigenvalue weighted by molar-refractivity contribution is 5.14. The van der Waals surface area contributed by atoms with E-state index in [0.717, 1.165) is 19.5 Å². The van der Waals surface area contributed by atoms with Crippen molar-refractivity contribution in [2.75, 3.05) is 13.1 Å². The second-order valence-electron chi connectivity index (χ2n) is 4.88. The molecule has 0 heterocycles. The summed E-state index contributed by atoms with van der Waals surface area (Å²) in [6.07, 6.45) is 3.53. The maximum absolute atomic E-state index is 5.79. The minimum absolute atomic E-state index is 0.329. The number of hydrogen-bond donors (Lipinski definition) is 1. The zero-order chi connectivity index (χ0) is 12.5. The van der Waals surface area contributed by atoms with E-state index < -0.39 is 0 Å². The molecule has 2 N–H and O–H groups in total. The first-order valence-electron chi connectivity index (χ1n) is 6.74. The average molecular weight is 234 g/mol. The van der Waals surface area contributed by atoms with Crippen LogP contribution in [0.15, 0.2) is 30.3 Å². The SMILES string of the molecule is CCCN(CCCC(C)N)Cc1ccccc1. The van der Waals surface area contributed by atoms with Crippen molar-refractivity contribution >= 4 is 0 Å². The van der Waals surface area contributed by atoms with Gasteiger partial charge >= 0.3 is 0 Å². The van der Waals surface area contributed by atoms with Crippen LogP contribution in [-0.4, -0.2) is 24.0 Å². The molecule has 1 rings (SSSR count). The van der Waals surface area contributed by atoms with Gasteiger partial charge in [-0.15, -0.1) is 0 Å². The monoisotopic (exact) mass is 234 g/mol. The van der Waals surface area contributed by atoms with Crippen LogP contribution in [0, 0.1) is 0 Å². The fourth-order valence-electron chi connectivity index (χ4n) is 2.06. The highest BCUT2D eigenvalue weighted by Crippen LogP contribution is 2.07. The van der Waals surface area contributed by atoms with E-state index in [1.807, 2.05) is 0 Å². The zero-order valence-corrected chi connectivity index (χ0v) is 11.2. The van der Waals surface area contributed by atoms with Crippen molar-refractivity contribution in [3.8, 4) is 0 Å². The Morgan fingerprint density at radius 3 is 2.47 bits per heavy atom. The molecule has 0 radical (unpaired) electrons. The molecular formula is C15H26N2. The predicted molar refractivity (Wildman–Crippen MR) is 74.9 cm³/mol. The molecule has 0 saturated heterocycles. The van der Waals surface area contributed by atoms with Crippen LogP contribution in [0.2, 0.25) is 0 Å². The summed E-state index contributed by atoms with van der Waals surface area (Å²) in [6.45, 7) is 7.72. The lowest BCUT2D eigenvalue weighted by Gasteiger charge is -2.22. The van der Waals surface area contributed by atoms with Crippen molar-refractivity contribution in [1.82, 2.24) is 4.90 Å². The molecule has 0 aromatic heterocycles. The molecule has 0 bridgehead atoms. The molecule has 0 aliphatic rings. The Hall–Kier alpha value is -0.860. The second kappa shape index (κ2) is 8.26. The molecule has 0 aliphatic heterocycles. The second-order valence-corrected chi connectivity index (χ2v) is 4.88. The Labute approximate surface area is 106 Å². The van der Waals surface area contributed by atoms with Crippen LogP contribution in [-0.2, 0) is 6.54 Å². The summed E-state index contributed by atoms with van der Waals surface area (Å²) in [6, 6.07) is 11.0. The quantitative estimate of drug-likeness (QED) is 0.749. The van der Waals surface area contributed by atoms with Crippen LogP contribution in [0.4, 0.5) is 0 Å². The van der Waals surface area contributed by atoms with Gasteiger partial charge in [-0.3, -0.25) is 4.90 Å². The highest BCUT2D eigenvalue weighted by Gasteiger charge is 2.05. The van der Waals surface area contributed by atoms with Crippen molar-refractivity contribution < 1.29 is 0 Å². The van der Waals surface area contributed by atoms with Crippen molar-refractivity contribution in [3.05, 3.63) is 35.9 Å². The van der Waals surface area contributed by atoms with E-state index in [1.165, 1.54) is 24.9 Å². The minimum atomic E-state index is 0.329. The van der Waals surface area contributed by atoms with Crippen molar-refractivity contribution in [3.63, 3.8) is 0 Å². The predicted octanol–water partition coefficient (Wildman–Crippen LogP) is 3.03. The number of nitrogens with two attached hydrogens (primary N) is 1. The van der Waals surface area contributed by atoms with Gasteiger partial charge in [0.25, 0.3) is 0 Å². The first-order chi connectivity index (χ1) is 8.22. The number of benzene rings is 1. The Morgan fingerprint density at radius 1 is 1.18 bits per heavy atom. The van der Waals surface area contributed by atoms with E-state index in [0.29, 0.717) is 6.04 Å². The van der Waals surface area contributed by atoms with Crippen LogP contribution >= 0.6 is 0 Å². The van der Waals surface area contributed by atoms with Gasteiger partial charge in [0, 0.05) is 12.6 Å². The Bertz CT molecular complexity index is 282. The Kier molecular flexibility index (Phi) is 6.90. The van der Waals surface area contributed by atoms with Crippen molar-refractivity contribution in [2.24, 2.45) is 5.73 Å². The van der Waals surface area contributed by atoms with Gasteiger partial charge in [-0.05, 0) is 44.8 Å². The lowest BCUT2D eigenvalue weighted by molar-refractivity contribution is 0.258. The largest absolute Gasteiger partial charge is 0.328 e. The van der Waals surface area contributed by atoms with Gasteiger partial charge < -0.3 is 5.73 Å². The summed E-state index contributed by atoms with van der Waals surface area (Å²) in [4.78, 5) is 2.53. The molecule has 2 nitrogen and oxygen atoms in total. The van der Waals surface area contributed by atoms with E-state index in [9.17, 15) is 0 Å². The molecule has 17 heavy (non-hydrogen) atoms. The third kappa shape index (κ3) is 6.44. The summed E-state index contributed by atoms with van der Waals surface area (Å²) in [5, 5.41) is 0. The van der Waals surface area contributed by atoms with E-state index in [4.69, 9.17) is 5.73 Å². The fourth-order valence-corrected chi connectivity index (χ4v) is 2.06. The summed E-state index contributed by atoms with van der Waals surface area (Å²) in [7, 11) is 0. The fraction of sp³-hybridized carbons (Fsp3) is 0.600. The number of rotatable bonds is 8. The summed E-state index contributed by atoms with van der Waals surface area (Å²) < 4.78 is 0. The van der Waals surface area contributed by atoms with Gasteiger partial charge in [-0.1, -0.05) is 37.3 Å². The molecular weight excluding hydrogens is 208 g/mol. The van der Waals surface area contributed by atoms with Crippen molar-refractivity contribution in [2.45, 2.75) is 45.7 Å². The first-order valence-corrected chi connectivity index (χ1v) is 6.74. The molecule has 0 amide bonds. The lowest BCUT2D eigenvalue weighted by Crippen LogP contribution is -2.26. The van der Waals surface area contributed by atoms with E-state index in [1.54, 1.807) is 0 Å². The highest BCUT2D eigenvalue weighted by atomic mass is 15.1. The standard InChI is InChI=1S/C15H26N2/c1-3-11-17(12-7-8-14(2)16)13-15-9-5-4-6-10-15/h4-6,9-10,14H,3,7-8,11-13,16H2,1-2H3. The van der Waals surface area contributed by atoms with Crippen LogP contribution in [0.3, 0.4) is 0 Å². The molecule has 0 spiro atoms. The molecule has 0 saturated carbocycles. The summed E-state index contributed by atoms with van der Waals surface area (Å²) >= 11 is 0. The normalized spacial score (nSPS) is 12.9. The third-order valence-electron chi connectivity index (χ3n) is 2.92. The molecule has 0 aliphatic carbocycles. The summed E-state index contributed by atoms with van der Waals surface area (Å²) in [5.41, 5.74) is 7.19. The Morgan fingerprint density at radius 2 is 1.88 bits per heavy atom. The molecule has 0 fully saturated rings. The average Bonchev–Trinajstić information content (AvgIpc) is 2.30. The smallest absolute Gasteiger partial charge is 0.0233 e. The Balaban J connectivity index is 2.37. The van der Waals surface area contributed by atoms with Crippen molar-refractivity contribution in [1.29, 1.82) is 0 Å². The maximum Gasteiger partial charge on any atom is 0.0233 e. The van der Waals surface area contributed by atoms with Gasteiger partial charge in [0.1, 0.15) is 0 Å². The van der Waals surface area contributed by atoms with E-state index in [2.05, 4.69) is 49.1 Å². The minimum Gasteiger partial charge on any atom is -0.328 e. The molecule has 1 unspecified atom stereocenters. The maximum atomic E-state index is 5.79. The topological polar surface area (TPSA) is 29.3 Å².